The van der Waals surface area contributed by atoms with Crippen molar-refractivity contribution in [3.05, 3.63) is 58.6 Å². The third kappa shape index (κ3) is 1.72. The zero-order valence-electron chi connectivity index (χ0n) is 11.3. The molecule has 0 aliphatic carbocycles. The maximum Gasteiger partial charge on any atom is 0.140 e. The van der Waals surface area contributed by atoms with E-state index in [1.54, 1.807) is 0 Å². The van der Waals surface area contributed by atoms with Crippen molar-refractivity contribution < 1.29 is 4.57 Å². The molecule has 1 heterocycles. The molecule has 1 atom stereocenters. The van der Waals surface area contributed by atoms with Crippen LogP contribution in [0, 0.1) is 0 Å². The molecule has 1 unspecified atom stereocenters. The number of benzene rings is 2. The van der Waals surface area contributed by atoms with Gasteiger partial charge in [0.2, 0.25) is 0 Å². The molecule has 0 aromatic heterocycles. The molecule has 0 spiro atoms. The molecule has 1 aliphatic heterocycles. The molecule has 2 aromatic carbocycles. The lowest BCUT2D eigenvalue weighted by Crippen LogP contribution is -2.39. The second-order valence-electron chi connectivity index (χ2n) is 5.73. The van der Waals surface area contributed by atoms with Gasteiger partial charge in [-0.05, 0) is 36.0 Å². The maximum atomic E-state index is 13.2. The van der Waals surface area contributed by atoms with E-state index in [1.165, 1.54) is 0 Å². The molecule has 0 saturated heterocycles. The Morgan fingerprint density at radius 2 is 1.63 bits per heavy atom. The summed E-state index contributed by atoms with van der Waals surface area (Å²) in [4.78, 5) is 0. The van der Waals surface area contributed by atoms with E-state index in [4.69, 9.17) is 11.6 Å². The summed E-state index contributed by atoms with van der Waals surface area (Å²) < 4.78 is 13.2. The van der Waals surface area contributed by atoms with Crippen LogP contribution in [0.25, 0.3) is 0 Å². The van der Waals surface area contributed by atoms with Crippen LogP contribution in [0.15, 0.2) is 42.5 Å². The molecule has 1 aliphatic rings. The molecular formula is C16H16ClOP. The van der Waals surface area contributed by atoms with Crippen LogP contribution >= 0.6 is 18.7 Å². The lowest BCUT2D eigenvalue weighted by molar-refractivity contribution is 0.584. The number of hydrogen-bond acceptors (Lipinski definition) is 1. The van der Waals surface area contributed by atoms with Crippen molar-refractivity contribution in [1.29, 1.82) is 0 Å². The van der Waals surface area contributed by atoms with Crippen molar-refractivity contribution in [2.24, 2.45) is 0 Å². The van der Waals surface area contributed by atoms with Crippen LogP contribution in [0.5, 0.6) is 0 Å². The van der Waals surface area contributed by atoms with E-state index in [1.807, 2.05) is 43.1 Å². The van der Waals surface area contributed by atoms with Gasteiger partial charge in [-0.1, -0.05) is 49.7 Å². The van der Waals surface area contributed by atoms with Gasteiger partial charge in [-0.2, -0.15) is 0 Å². The minimum atomic E-state index is -2.52. The molecule has 3 rings (SSSR count). The summed E-state index contributed by atoms with van der Waals surface area (Å²) >= 11 is 6.13. The molecule has 98 valence electrons. The lowest BCUT2D eigenvalue weighted by atomic mass is 9.77. The molecule has 0 amide bonds. The summed E-state index contributed by atoms with van der Waals surface area (Å²) in [5, 5.41) is 2.63. The van der Waals surface area contributed by atoms with Crippen molar-refractivity contribution >= 4 is 29.4 Å². The quantitative estimate of drug-likeness (QED) is 0.672. The maximum absolute atomic E-state index is 13.2. The molecule has 1 nitrogen and oxygen atoms in total. The average molecular weight is 291 g/mol. The zero-order valence-corrected chi connectivity index (χ0v) is 12.9. The van der Waals surface area contributed by atoms with Crippen molar-refractivity contribution in [2.45, 2.75) is 19.3 Å². The third-order valence-electron chi connectivity index (χ3n) is 4.13. The summed E-state index contributed by atoms with van der Waals surface area (Å²) in [6.07, 6.45) is 0. The highest BCUT2D eigenvalue weighted by Crippen LogP contribution is 2.50. The first kappa shape index (κ1) is 13.0. The summed E-state index contributed by atoms with van der Waals surface area (Å²) in [7, 11) is -2.52. The SMILES string of the molecule is CC1(C)c2ccccc2P(C)(=O)c2ccc(Cl)cc21. The Balaban J connectivity index is 2.44. The third-order valence-corrected chi connectivity index (χ3v) is 6.98. The number of fused-ring (bicyclic) bond motifs is 2. The summed E-state index contributed by atoms with van der Waals surface area (Å²) in [5.74, 6) is 0. The number of rotatable bonds is 0. The van der Waals surface area contributed by atoms with Gasteiger partial charge in [-0.25, -0.2) is 0 Å². The summed E-state index contributed by atoms with van der Waals surface area (Å²) in [6.45, 7) is 6.19. The van der Waals surface area contributed by atoms with Crippen molar-refractivity contribution in [2.75, 3.05) is 6.66 Å². The molecule has 0 radical (unpaired) electrons. The van der Waals surface area contributed by atoms with Crippen LogP contribution in [-0.2, 0) is 9.98 Å². The second kappa shape index (κ2) is 3.98. The Hall–Kier alpha value is -1.04. The molecule has 3 heteroatoms. The van der Waals surface area contributed by atoms with Gasteiger partial charge in [-0.3, -0.25) is 0 Å². The Labute approximate surface area is 119 Å². The molecule has 0 N–H and O–H groups in total. The Kier molecular flexibility index (Phi) is 2.71. The van der Waals surface area contributed by atoms with Gasteiger partial charge < -0.3 is 4.57 Å². The predicted molar refractivity (Wildman–Crippen MR) is 82.8 cm³/mol. The van der Waals surface area contributed by atoms with Crippen LogP contribution in [-0.4, -0.2) is 6.66 Å². The zero-order chi connectivity index (χ0) is 13.8. The van der Waals surface area contributed by atoms with E-state index >= 15 is 0 Å². The van der Waals surface area contributed by atoms with E-state index in [0.29, 0.717) is 5.02 Å². The number of hydrogen-bond donors (Lipinski definition) is 0. The molecule has 0 saturated carbocycles. The topological polar surface area (TPSA) is 17.1 Å². The first-order chi connectivity index (χ1) is 8.85. The van der Waals surface area contributed by atoms with E-state index < -0.39 is 7.14 Å². The van der Waals surface area contributed by atoms with Crippen LogP contribution in [0.1, 0.15) is 25.0 Å². The molecule has 19 heavy (non-hydrogen) atoms. The van der Waals surface area contributed by atoms with Gasteiger partial charge in [0.25, 0.3) is 0 Å². The summed E-state index contributed by atoms with van der Waals surface area (Å²) in [6, 6.07) is 13.8. The molecule has 2 aromatic rings. The molecule has 0 fully saturated rings. The first-order valence-electron chi connectivity index (χ1n) is 6.33. The first-order valence-corrected chi connectivity index (χ1v) is 8.86. The fraction of sp³-hybridized carbons (Fsp3) is 0.250. The lowest BCUT2D eigenvalue weighted by Gasteiger charge is -2.38. The van der Waals surface area contributed by atoms with Crippen LogP contribution in [0.3, 0.4) is 0 Å². The molecule has 0 bridgehead atoms. The van der Waals surface area contributed by atoms with Crippen molar-refractivity contribution in [3.8, 4) is 0 Å². The van der Waals surface area contributed by atoms with Crippen LogP contribution < -0.4 is 10.6 Å². The van der Waals surface area contributed by atoms with E-state index in [0.717, 1.165) is 21.7 Å². The van der Waals surface area contributed by atoms with E-state index in [-0.39, 0.29) is 5.41 Å². The highest BCUT2D eigenvalue weighted by molar-refractivity contribution is 7.78. The van der Waals surface area contributed by atoms with Crippen molar-refractivity contribution in [3.63, 3.8) is 0 Å². The largest absolute Gasteiger partial charge is 0.314 e. The monoisotopic (exact) mass is 290 g/mol. The Morgan fingerprint density at radius 3 is 2.37 bits per heavy atom. The highest BCUT2D eigenvalue weighted by atomic mass is 35.5. The fourth-order valence-corrected chi connectivity index (χ4v) is 5.81. The highest BCUT2D eigenvalue weighted by Gasteiger charge is 2.40. The van der Waals surface area contributed by atoms with Gasteiger partial charge >= 0.3 is 0 Å². The standard InChI is InChI=1S/C16H16ClOP/c1-16(2)12-6-4-5-7-14(12)19(3,18)15-9-8-11(17)10-13(15)16/h4-10H,1-3H3. The van der Waals surface area contributed by atoms with Crippen LogP contribution in [0.4, 0.5) is 0 Å². The predicted octanol–water partition coefficient (Wildman–Crippen LogP) is 3.92. The average Bonchev–Trinajstić information content (AvgIpc) is 2.37. The van der Waals surface area contributed by atoms with Gasteiger partial charge in [0.1, 0.15) is 7.14 Å². The van der Waals surface area contributed by atoms with Gasteiger partial charge in [0.15, 0.2) is 0 Å². The van der Waals surface area contributed by atoms with E-state index in [9.17, 15) is 4.57 Å². The van der Waals surface area contributed by atoms with E-state index in [2.05, 4.69) is 19.9 Å². The van der Waals surface area contributed by atoms with Gasteiger partial charge in [-0.15, -0.1) is 0 Å². The minimum absolute atomic E-state index is 0.166. The number of halogens is 1. The van der Waals surface area contributed by atoms with Crippen molar-refractivity contribution in [1.82, 2.24) is 0 Å². The summed E-state index contributed by atoms with van der Waals surface area (Å²) in [5.41, 5.74) is 2.07. The van der Waals surface area contributed by atoms with Gasteiger partial charge in [0.05, 0.1) is 0 Å². The Morgan fingerprint density at radius 1 is 1.00 bits per heavy atom. The second-order valence-corrected chi connectivity index (χ2v) is 8.98. The fourth-order valence-electron chi connectivity index (χ4n) is 3.03. The Bertz CT molecular complexity index is 718. The van der Waals surface area contributed by atoms with Gasteiger partial charge in [0, 0.05) is 21.0 Å². The smallest absolute Gasteiger partial charge is 0.140 e. The molecular weight excluding hydrogens is 275 g/mol. The minimum Gasteiger partial charge on any atom is -0.314 e. The normalized spacial score (nSPS) is 23.6. The van der Waals surface area contributed by atoms with Crippen LogP contribution in [0.2, 0.25) is 5.02 Å².